The van der Waals surface area contributed by atoms with E-state index >= 15 is 0 Å². The minimum absolute atomic E-state index is 0.0537. The second-order valence-electron chi connectivity index (χ2n) is 7.67. The maximum Gasteiger partial charge on any atom is 0.237 e. The molecule has 0 unspecified atom stereocenters. The van der Waals surface area contributed by atoms with E-state index in [1.54, 1.807) is 24.1 Å². The van der Waals surface area contributed by atoms with Crippen LogP contribution in [0.4, 0.5) is 4.39 Å². The first-order valence-electron chi connectivity index (χ1n) is 9.40. The first kappa shape index (κ1) is 20.6. The smallest absolute Gasteiger partial charge is 0.237 e. The Morgan fingerprint density at radius 1 is 1.22 bits per heavy atom. The second kappa shape index (κ2) is 8.45. The van der Waals surface area contributed by atoms with E-state index in [1.165, 1.54) is 6.07 Å². The average Bonchev–Trinajstić information content (AvgIpc) is 3.21. The van der Waals surface area contributed by atoms with E-state index in [9.17, 15) is 17.6 Å². The second-order valence-corrected chi connectivity index (χ2v) is 10.3. The molecule has 3 rings (SSSR count). The number of sulfone groups is 1. The van der Waals surface area contributed by atoms with Crippen LogP contribution in [0.2, 0.25) is 5.02 Å². The molecule has 2 aliphatic rings. The molecule has 1 aliphatic heterocycles. The first-order valence-corrected chi connectivity index (χ1v) is 11.6. The third-order valence-corrected chi connectivity index (χ3v) is 7.61. The third kappa shape index (κ3) is 5.00. The zero-order chi connectivity index (χ0) is 19.6. The zero-order valence-electron chi connectivity index (χ0n) is 15.5. The van der Waals surface area contributed by atoms with Crippen LogP contribution in [0.3, 0.4) is 0 Å². The highest BCUT2D eigenvalue weighted by atomic mass is 35.5. The van der Waals surface area contributed by atoms with Crippen molar-refractivity contribution in [2.45, 2.75) is 50.7 Å². The minimum atomic E-state index is -3.07. The quantitative estimate of drug-likeness (QED) is 0.715. The third-order valence-electron chi connectivity index (χ3n) is 5.50. The van der Waals surface area contributed by atoms with Gasteiger partial charge in [-0.25, -0.2) is 12.8 Å². The highest BCUT2D eigenvalue weighted by molar-refractivity contribution is 7.91. The van der Waals surface area contributed by atoms with Crippen LogP contribution in [0.5, 0.6) is 0 Å². The van der Waals surface area contributed by atoms with Crippen molar-refractivity contribution in [3.05, 3.63) is 34.6 Å². The number of likely N-dealkylation sites (N-methyl/N-ethyl adjacent to an activating group) is 1. The molecule has 2 fully saturated rings. The van der Waals surface area contributed by atoms with Gasteiger partial charge in [0.25, 0.3) is 0 Å². The number of hydrogen-bond acceptors (Lipinski definition) is 4. The molecule has 0 bridgehead atoms. The Bertz CT molecular complexity index is 776. The Hall–Kier alpha value is -1.18. The predicted molar refractivity (Wildman–Crippen MR) is 104 cm³/mol. The number of nitrogens with zero attached hydrogens (tertiary/aromatic N) is 2. The number of carbonyl (C=O) groups is 1. The molecule has 0 radical (unpaired) electrons. The highest BCUT2D eigenvalue weighted by Crippen LogP contribution is 2.29. The van der Waals surface area contributed by atoms with Gasteiger partial charge in [0.1, 0.15) is 5.82 Å². The van der Waals surface area contributed by atoms with Gasteiger partial charge in [0.2, 0.25) is 5.91 Å². The zero-order valence-corrected chi connectivity index (χ0v) is 17.1. The molecule has 0 N–H and O–H groups in total. The summed E-state index contributed by atoms with van der Waals surface area (Å²) in [7, 11) is -1.32. The summed E-state index contributed by atoms with van der Waals surface area (Å²) < 4.78 is 37.8. The lowest BCUT2D eigenvalue weighted by atomic mass is 10.1. The summed E-state index contributed by atoms with van der Waals surface area (Å²) in [6.07, 6.45) is 4.48. The maximum absolute atomic E-state index is 14.0. The van der Waals surface area contributed by atoms with Gasteiger partial charge in [-0.2, -0.15) is 0 Å². The van der Waals surface area contributed by atoms with Crippen LogP contribution in [-0.4, -0.2) is 61.3 Å². The van der Waals surface area contributed by atoms with Gasteiger partial charge < -0.3 is 4.90 Å². The van der Waals surface area contributed by atoms with Crippen molar-refractivity contribution >= 4 is 27.3 Å². The standard InChI is InChI=1S/C19H26ClFN2O3S/c1-22(11-16-17(20)7-4-8-18(16)21)12-19(24)23(14-5-2-3-6-14)15-9-10-27(25,26)13-15/h4,7-8,14-15H,2-3,5-6,9-13H2,1H3/t15-/m0/s1. The molecule has 8 heteroatoms. The Morgan fingerprint density at radius 3 is 2.52 bits per heavy atom. The summed E-state index contributed by atoms with van der Waals surface area (Å²) in [5.74, 6) is -0.275. The van der Waals surface area contributed by atoms with E-state index in [2.05, 4.69) is 0 Å². The number of hydrogen-bond donors (Lipinski definition) is 0. The van der Waals surface area contributed by atoms with Crippen molar-refractivity contribution in [3.8, 4) is 0 Å². The number of rotatable bonds is 6. The summed E-state index contributed by atoms with van der Waals surface area (Å²) in [4.78, 5) is 16.6. The van der Waals surface area contributed by atoms with Crippen LogP contribution in [0.25, 0.3) is 0 Å². The summed E-state index contributed by atoms with van der Waals surface area (Å²) in [6.45, 7) is 0.330. The topological polar surface area (TPSA) is 57.7 Å². The molecule has 0 spiro atoms. The first-order chi connectivity index (χ1) is 12.8. The van der Waals surface area contributed by atoms with Crippen LogP contribution in [0, 0.1) is 5.82 Å². The Morgan fingerprint density at radius 2 is 1.93 bits per heavy atom. The molecular weight excluding hydrogens is 391 g/mol. The molecule has 0 aromatic heterocycles. The Labute approximate surface area is 165 Å². The lowest BCUT2D eigenvalue weighted by Crippen LogP contribution is -2.50. The van der Waals surface area contributed by atoms with Crippen LogP contribution in [0.15, 0.2) is 18.2 Å². The van der Waals surface area contributed by atoms with Gasteiger partial charge in [-0.3, -0.25) is 9.69 Å². The van der Waals surface area contributed by atoms with Crippen molar-refractivity contribution in [1.82, 2.24) is 9.80 Å². The average molecular weight is 417 g/mol. The molecular formula is C19H26ClFN2O3S. The molecule has 1 atom stereocenters. The van der Waals surface area contributed by atoms with Crippen molar-refractivity contribution < 1.29 is 17.6 Å². The highest BCUT2D eigenvalue weighted by Gasteiger charge is 2.39. The Balaban J connectivity index is 1.70. The SMILES string of the molecule is CN(CC(=O)N(C1CCCC1)[C@H]1CCS(=O)(=O)C1)Cc1c(F)cccc1Cl. The van der Waals surface area contributed by atoms with E-state index in [0.29, 0.717) is 17.0 Å². The Kier molecular flexibility index (Phi) is 6.43. The molecule has 27 heavy (non-hydrogen) atoms. The molecule has 1 aromatic rings. The molecule has 1 aromatic carbocycles. The molecule has 1 saturated heterocycles. The molecule has 150 valence electrons. The minimum Gasteiger partial charge on any atom is -0.335 e. The van der Waals surface area contributed by atoms with Crippen LogP contribution < -0.4 is 0 Å². The summed E-state index contributed by atoms with van der Waals surface area (Å²) in [6, 6.07) is 4.40. The van der Waals surface area contributed by atoms with Gasteiger partial charge in [-0.1, -0.05) is 30.5 Å². The van der Waals surface area contributed by atoms with E-state index in [1.807, 2.05) is 4.90 Å². The number of carbonyl (C=O) groups excluding carboxylic acids is 1. The van der Waals surface area contributed by atoms with Crippen LogP contribution >= 0.6 is 11.6 Å². The fourth-order valence-electron chi connectivity index (χ4n) is 4.20. The van der Waals surface area contributed by atoms with Crippen molar-refractivity contribution in [3.63, 3.8) is 0 Å². The van der Waals surface area contributed by atoms with Gasteiger partial charge in [0.05, 0.1) is 18.1 Å². The van der Waals surface area contributed by atoms with Gasteiger partial charge in [-0.15, -0.1) is 0 Å². The van der Waals surface area contributed by atoms with E-state index < -0.39 is 15.7 Å². The van der Waals surface area contributed by atoms with Crippen molar-refractivity contribution in [2.75, 3.05) is 25.1 Å². The van der Waals surface area contributed by atoms with E-state index in [0.717, 1.165) is 25.7 Å². The van der Waals surface area contributed by atoms with Gasteiger partial charge in [0.15, 0.2) is 9.84 Å². The number of benzene rings is 1. The summed E-state index contributed by atoms with van der Waals surface area (Å²) >= 11 is 6.08. The maximum atomic E-state index is 14.0. The summed E-state index contributed by atoms with van der Waals surface area (Å²) in [5, 5.41) is 0.337. The molecule has 1 heterocycles. The predicted octanol–water partition coefficient (Wildman–Crippen LogP) is 2.87. The van der Waals surface area contributed by atoms with Crippen LogP contribution in [0.1, 0.15) is 37.7 Å². The largest absolute Gasteiger partial charge is 0.335 e. The molecule has 1 amide bonds. The van der Waals surface area contributed by atoms with Crippen molar-refractivity contribution in [1.29, 1.82) is 0 Å². The molecule has 1 saturated carbocycles. The van der Waals surface area contributed by atoms with Crippen LogP contribution in [-0.2, 0) is 21.2 Å². The fourth-order valence-corrected chi connectivity index (χ4v) is 6.14. The van der Waals surface area contributed by atoms with E-state index in [-0.39, 0.29) is 42.6 Å². The lowest BCUT2D eigenvalue weighted by Gasteiger charge is -2.35. The number of halogens is 2. The van der Waals surface area contributed by atoms with Gasteiger partial charge in [0, 0.05) is 29.2 Å². The van der Waals surface area contributed by atoms with Crippen molar-refractivity contribution in [2.24, 2.45) is 0 Å². The number of amides is 1. The monoisotopic (exact) mass is 416 g/mol. The van der Waals surface area contributed by atoms with E-state index in [4.69, 9.17) is 11.6 Å². The fraction of sp³-hybridized carbons (Fsp3) is 0.632. The normalized spacial score (nSPS) is 22.4. The van der Waals surface area contributed by atoms with Gasteiger partial charge in [-0.05, 0) is 38.4 Å². The molecule has 5 nitrogen and oxygen atoms in total. The summed E-state index contributed by atoms with van der Waals surface area (Å²) in [5.41, 5.74) is 0.366. The van der Waals surface area contributed by atoms with Gasteiger partial charge >= 0.3 is 0 Å². The molecule has 1 aliphatic carbocycles. The lowest BCUT2D eigenvalue weighted by molar-refractivity contribution is -0.136.